The molecule has 0 saturated heterocycles. The number of carboxylic acid groups (broad SMARTS) is 1. The number of nitro groups is 1. The highest BCUT2D eigenvalue weighted by Crippen LogP contribution is 2.33. The minimum Gasteiger partial charge on any atom is -0.480 e. The van der Waals surface area contributed by atoms with Gasteiger partial charge in [0.15, 0.2) is 0 Å². The lowest BCUT2D eigenvalue weighted by Crippen LogP contribution is -2.32. The molecule has 0 unspecified atom stereocenters. The average Bonchev–Trinajstić information content (AvgIpc) is 2.49. The number of nitrogens with two attached hydrogens (primary N) is 1. The van der Waals surface area contributed by atoms with Gasteiger partial charge in [-0.15, -0.1) is 0 Å². The van der Waals surface area contributed by atoms with E-state index in [-0.39, 0.29) is 17.9 Å². The number of hydrogen-bond donors (Lipinski definition) is 2. The van der Waals surface area contributed by atoms with Gasteiger partial charge in [0, 0.05) is 17.2 Å². The molecule has 3 N–H and O–H groups in total. The second kappa shape index (κ2) is 7.08. The fraction of sp³-hybridized carbons (Fsp3) is 0.133. The van der Waals surface area contributed by atoms with Crippen molar-refractivity contribution < 1.29 is 19.6 Å². The summed E-state index contributed by atoms with van der Waals surface area (Å²) in [7, 11) is 0. The highest BCUT2D eigenvalue weighted by molar-refractivity contribution is 6.30. The van der Waals surface area contributed by atoms with E-state index in [4.69, 9.17) is 27.2 Å². The maximum absolute atomic E-state index is 11.0. The Hall–Kier alpha value is -2.64. The lowest BCUT2D eigenvalue weighted by atomic mass is 10.1. The average molecular weight is 337 g/mol. The number of carbonyl (C=O) groups is 1. The molecule has 120 valence electrons. The van der Waals surface area contributed by atoms with Gasteiger partial charge in [-0.3, -0.25) is 14.9 Å². The zero-order valence-corrected chi connectivity index (χ0v) is 12.6. The Labute approximate surface area is 136 Å². The number of benzene rings is 2. The summed E-state index contributed by atoms with van der Waals surface area (Å²) in [5.74, 6) is -0.694. The summed E-state index contributed by atoms with van der Waals surface area (Å²) in [6.07, 6.45) is 0.174. The van der Waals surface area contributed by atoms with Gasteiger partial charge in [-0.05, 0) is 30.2 Å². The quantitative estimate of drug-likeness (QED) is 0.618. The Morgan fingerprint density at radius 3 is 2.52 bits per heavy atom. The number of carboxylic acids is 1. The Morgan fingerprint density at radius 2 is 1.96 bits per heavy atom. The molecule has 0 aliphatic rings. The van der Waals surface area contributed by atoms with Gasteiger partial charge < -0.3 is 15.6 Å². The van der Waals surface area contributed by atoms with Gasteiger partial charge >= 0.3 is 11.7 Å². The normalized spacial score (nSPS) is 11.7. The van der Waals surface area contributed by atoms with Crippen LogP contribution in [0.1, 0.15) is 5.56 Å². The maximum atomic E-state index is 11.0. The van der Waals surface area contributed by atoms with Gasteiger partial charge in [-0.1, -0.05) is 23.7 Å². The van der Waals surface area contributed by atoms with Crippen molar-refractivity contribution in [2.45, 2.75) is 12.5 Å². The SMILES string of the molecule is N[C@@H](Cc1ccc(Oc2cc(Cl)ccc2[N+](=O)[O-])cc1)C(=O)O. The summed E-state index contributed by atoms with van der Waals surface area (Å²) in [6.45, 7) is 0. The molecule has 0 spiro atoms. The lowest BCUT2D eigenvalue weighted by Gasteiger charge is -2.09. The van der Waals surface area contributed by atoms with Crippen LogP contribution in [0.4, 0.5) is 5.69 Å². The Kier molecular flexibility index (Phi) is 5.15. The van der Waals surface area contributed by atoms with E-state index >= 15 is 0 Å². The molecule has 0 bridgehead atoms. The summed E-state index contributed by atoms with van der Waals surface area (Å²) >= 11 is 5.83. The summed E-state index contributed by atoms with van der Waals surface area (Å²) in [5, 5.41) is 20.1. The summed E-state index contributed by atoms with van der Waals surface area (Å²) in [5.41, 5.74) is 5.97. The fourth-order valence-corrected chi connectivity index (χ4v) is 2.04. The van der Waals surface area contributed by atoms with Crippen LogP contribution in [-0.4, -0.2) is 22.0 Å². The summed E-state index contributed by atoms with van der Waals surface area (Å²) in [6, 6.07) is 9.48. The molecular weight excluding hydrogens is 324 g/mol. The molecule has 23 heavy (non-hydrogen) atoms. The van der Waals surface area contributed by atoms with Crippen molar-refractivity contribution in [3.8, 4) is 11.5 Å². The molecule has 0 saturated carbocycles. The largest absolute Gasteiger partial charge is 0.480 e. The Morgan fingerprint density at radius 1 is 1.30 bits per heavy atom. The molecule has 0 heterocycles. The number of nitro benzene ring substituents is 1. The van der Waals surface area contributed by atoms with Gasteiger partial charge in [0.05, 0.1) is 4.92 Å². The molecule has 1 atom stereocenters. The summed E-state index contributed by atoms with van der Waals surface area (Å²) in [4.78, 5) is 21.1. The van der Waals surface area contributed by atoms with Crippen LogP contribution in [0.2, 0.25) is 5.02 Å². The van der Waals surface area contributed by atoms with Crippen LogP contribution in [0.15, 0.2) is 42.5 Å². The zero-order chi connectivity index (χ0) is 17.0. The van der Waals surface area contributed by atoms with Crippen molar-refractivity contribution in [2.75, 3.05) is 0 Å². The number of aliphatic carboxylic acids is 1. The zero-order valence-electron chi connectivity index (χ0n) is 11.8. The number of rotatable bonds is 6. The van der Waals surface area contributed by atoms with E-state index in [0.717, 1.165) is 0 Å². The van der Waals surface area contributed by atoms with Gasteiger partial charge in [0.2, 0.25) is 5.75 Å². The molecule has 0 fully saturated rings. The first kappa shape index (κ1) is 16.7. The van der Waals surface area contributed by atoms with Gasteiger partial charge in [-0.25, -0.2) is 0 Å². The van der Waals surface area contributed by atoms with Crippen LogP contribution < -0.4 is 10.5 Å². The van der Waals surface area contributed by atoms with Crippen LogP contribution in [0.25, 0.3) is 0 Å². The molecule has 0 aliphatic carbocycles. The fourth-order valence-electron chi connectivity index (χ4n) is 1.88. The summed E-state index contributed by atoms with van der Waals surface area (Å²) < 4.78 is 5.49. The number of nitrogens with zero attached hydrogens (tertiary/aromatic N) is 1. The molecule has 7 nitrogen and oxygen atoms in total. The van der Waals surface area contributed by atoms with Crippen molar-refractivity contribution in [2.24, 2.45) is 5.73 Å². The predicted molar refractivity (Wildman–Crippen MR) is 83.9 cm³/mol. The van der Waals surface area contributed by atoms with Crippen molar-refractivity contribution >= 4 is 23.3 Å². The van der Waals surface area contributed by atoms with E-state index < -0.39 is 16.9 Å². The Bertz CT molecular complexity index is 733. The molecular formula is C15H13ClN2O5. The van der Waals surface area contributed by atoms with E-state index in [1.54, 1.807) is 24.3 Å². The molecule has 0 aliphatic heterocycles. The molecule has 2 aromatic rings. The van der Waals surface area contributed by atoms with Crippen LogP contribution in [0.3, 0.4) is 0 Å². The van der Waals surface area contributed by atoms with E-state index in [1.807, 2.05) is 0 Å². The van der Waals surface area contributed by atoms with E-state index in [2.05, 4.69) is 0 Å². The first-order valence-electron chi connectivity index (χ1n) is 6.56. The highest BCUT2D eigenvalue weighted by atomic mass is 35.5. The van der Waals surface area contributed by atoms with Crippen LogP contribution >= 0.6 is 11.6 Å². The third-order valence-corrected chi connectivity index (χ3v) is 3.28. The second-order valence-electron chi connectivity index (χ2n) is 4.76. The standard InChI is InChI=1S/C15H13ClN2O5/c16-10-3-6-13(18(21)22)14(8-10)23-11-4-1-9(2-5-11)7-12(17)15(19)20/h1-6,8,12H,7,17H2,(H,19,20)/t12-/m0/s1. The minimum atomic E-state index is -1.08. The highest BCUT2D eigenvalue weighted by Gasteiger charge is 2.16. The molecule has 0 aromatic heterocycles. The molecule has 2 aromatic carbocycles. The first-order valence-corrected chi connectivity index (χ1v) is 6.93. The van der Waals surface area contributed by atoms with Crippen LogP contribution in [0, 0.1) is 10.1 Å². The number of halogens is 1. The monoisotopic (exact) mass is 336 g/mol. The molecule has 0 amide bonds. The van der Waals surface area contributed by atoms with Crippen molar-refractivity contribution in [1.29, 1.82) is 0 Å². The number of ether oxygens (including phenoxy) is 1. The lowest BCUT2D eigenvalue weighted by molar-refractivity contribution is -0.385. The smallest absolute Gasteiger partial charge is 0.320 e. The molecule has 8 heteroatoms. The number of hydrogen-bond acceptors (Lipinski definition) is 5. The third-order valence-electron chi connectivity index (χ3n) is 3.04. The van der Waals surface area contributed by atoms with Crippen molar-refractivity contribution in [3.05, 3.63) is 63.2 Å². The van der Waals surface area contributed by atoms with Gasteiger partial charge in [0.1, 0.15) is 11.8 Å². The maximum Gasteiger partial charge on any atom is 0.320 e. The molecule has 0 radical (unpaired) electrons. The van der Waals surface area contributed by atoms with Crippen LogP contribution in [0.5, 0.6) is 11.5 Å². The Balaban J connectivity index is 2.17. The third kappa shape index (κ3) is 4.41. The first-order chi connectivity index (χ1) is 10.9. The predicted octanol–water partition coefficient (Wildman–Crippen LogP) is 2.99. The van der Waals surface area contributed by atoms with E-state index in [0.29, 0.717) is 16.3 Å². The van der Waals surface area contributed by atoms with Crippen molar-refractivity contribution in [1.82, 2.24) is 0 Å². The molecule has 2 rings (SSSR count). The van der Waals surface area contributed by atoms with E-state index in [9.17, 15) is 14.9 Å². The van der Waals surface area contributed by atoms with Crippen molar-refractivity contribution in [3.63, 3.8) is 0 Å². The van der Waals surface area contributed by atoms with Gasteiger partial charge in [0.25, 0.3) is 0 Å². The second-order valence-corrected chi connectivity index (χ2v) is 5.20. The van der Waals surface area contributed by atoms with E-state index in [1.165, 1.54) is 18.2 Å². The van der Waals surface area contributed by atoms with Gasteiger partial charge in [-0.2, -0.15) is 0 Å². The minimum absolute atomic E-state index is 0.0255. The topological polar surface area (TPSA) is 116 Å². The van der Waals surface area contributed by atoms with Crippen LogP contribution in [-0.2, 0) is 11.2 Å².